The van der Waals surface area contributed by atoms with Gasteiger partial charge in [-0.3, -0.25) is 4.98 Å². The molecule has 3 N–H and O–H groups in total. The van der Waals surface area contributed by atoms with Crippen molar-refractivity contribution in [2.75, 3.05) is 6.61 Å². The number of aryl methyl sites for hydroxylation is 1. The van der Waals surface area contributed by atoms with Gasteiger partial charge in [0.25, 0.3) is 0 Å². The number of urea groups is 1. The van der Waals surface area contributed by atoms with E-state index in [1.165, 1.54) is 0 Å². The summed E-state index contributed by atoms with van der Waals surface area (Å²) >= 11 is 0. The number of aliphatic hydroxyl groups is 1. The summed E-state index contributed by atoms with van der Waals surface area (Å²) in [5.74, 6) is 0.189. The fourth-order valence-electron chi connectivity index (χ4n) is 2.64. The summed E-state index contributed by atoms with van der Waals surface area (Å²) in [6.07, 6.45) is 1.73. The summed E-state index contributed by atoms with van der Waals surface area (Å²) in [6, 6.07) is 12.3. The van der Waals surface area contributed by atoms with Crippen LogP contribution in [0.5, 0.6) is 0 Å². The lowest BCUT2D eigenvalue weighted by atomic mass is 9.97. The average molecular weight is 327 g/mol. The lowest BCUT2D eigenvalue weighted by molar-refractivity contribution is 0.211. The molecule has 0 saturated carbocycles. The van der Waals surface area contributed by atoms with Gasteiger partial charge in [-0.1, -0.05) is 50.2 Å². The molecule has 1 aromatic carbocycles. The number of benzene rings is 1. The molecule has 0 aliphatic rings. The number of hydrogen-bond acceptors (Lipinski definition) is 3. The molecule has 0 aliphatic carbocycles. The number of rotatable bonds is 6. The van der Waals surface area contributed by atoms with E-state index < -0.39 is 6.04 Å². The predicted molar refractivity (Wildman–Crippen MR) is 94.5 cm³/mol. The summed E-state index contributed by atoms with van der Waals surface area (Å²) in [6.45, 7) is 5.91. The standard InChI is InChI=1S/C19H25N3O2/c1-13(2)17(18-14(3)8-7-11-20-18)22-19(24)21-16(12-23)15-9-5-4-6-10-15/h4-11,13,16-17,23H,12H2,1-3H3,(H2,21,22,24)/t16-,17?/m1/s1. The molecule has 0 aliphatic heterocycles. The summed E-state index contributed by atoms with van der Waals surface area (Å²) in [5, 5.41) is 15.4. The molecule has 128 valence electrons. The van der Waals surface area contributed by atoms with Gasteiger partial charge in [0.05, 0.1) is 24.4 Å². The van der Waals surface area contributed by atoms with Crippen LogP contribution < -0.4 is 10.6 Å². The average Bonchev–Trinajstić information content (AvgIpc) is 2.59. The van der Waals surface area contributed by atoms with Crippen LogP contribution in [0.25, 0.3) is 0 Å². The van der Waals surface area contributed by atoms with E-state index in [9.17, 15) is 9.90 Å². The molecule has 0 saturated heterocycles. The van der Waals surface area contributed by atoms with E-state index in [1.807, 2.05) is 63.2 Å². The zero-order valence-corrected chi connectivity index (χ0v) is 14.4. The normalized spacial score (nSPS) is 13.4. The topological polar surface area (TPSA) is 74.2 Å². The van der Waals surface area contributed by atoms with E-state index in [-0.39, 0.29) is 24.6 Å². The summed E-state index contributed by atoms with van der Waals surface area (Å²) in [5.41, 5.74) is 2.77. The van der Waals surface area contributed by atoms with Crippen molar-refractivity contribution >= 4 is 6.03 Å². The third kappa shape index (κ3) is 4.55. The van der Waals surface area contributed by atoms with Gasteiger partial charge in [-0.25, -0.2) is 4.79 Å². The van der Waals surface area contributed by atoms with E-state index in [0.29, 0.717) is 0 Å². The first-order valence-corrected chi connectivity index (χ1v) is 8.17. The molecule has 1 unspecified atom stereocenters. The molecule has 2 amide bonds. The van der Waals surface area contributed by atoms with Crippen molar-refractivity contribution in [2.45, 2.75) is 32.9 Å². The second kappa shape index (κ2) is 8.45. The maximum Gasteiger partial charge on any atom is 0.315 e. The number of aliphatic hydroxyl groups excluding tert-OH is 1. The Balaban J connectivity index is 2.10. The van der Waals surface area contributed by atoms with E-state index in [1.54, 1.807) is 6.20 Å². The molecule has 1 aromatic heterocycles. The van der Waals surface area contributed by atoms with E-state index in [0.717, 1.165) is 16.8 Å². The second-order valence-corrected chi connectivity index (χ2v) is 6.19. The van der Waals surface area contributed by atoms with Gasteiger partial charge in [0.2, 0.25) is 0 Å². The maximum atomic E-state index is 12.4. The Bertz CT molecular complexity index is 659. The first-order chi connectivity index (χ1) is 11.5. The van der Waals surface area contributed by atoms with Gasteiger partial charge in [-0.2, -0.15) is 0 Å². The molecule has 2 rings (SSSR count). The minimum absolute atomic E-state index is 0.160. The monoisotopic (exact) mass is 327 g/mol. The Hall–Kier alpha value is -2.40. The van der Waals surface area contributed by atoms with Crippen molar-refractivity contribution < 1.29 is 9.90 Å². The predicted octanol–water partition coefficient (Wildman–Crippen LogP) is 3.12. The quantitative estimate of drug-likeness (QED) is 0.763. The van der Waals surface area contributed by atoms with Gasteiger partial charge < -0.3 is 15.7 Å². The third-order valence-electron chi connectivity index (χ3n) is 3.99. The molecule has 1 heterocycles. The van der Waals surface area contributed by atoms with Crippen molar-refractivity contribution in [3.05, 3.63) is 65.5 Å². The molecule has 24 heavy (non-hydrogen) atoms. The molecule has 5 nitrogen and oxygen atoms in total. The van der Waals surface area contributed by atoms with Crippen LogP contribution in [0.1, 0.15) is 42.8 Å². The molecule has 0 fully saturated rings. The van der Waals surface area contributed by atoms with Gasteiger partial charge in [-0.15, -0.1) is 0 Å². The number of carbonyl (C=O) groups is 1. The fraction of sp³-hybridized carbons (Fsp3) is 0.368. The van der Waals surface area contributed by atoms with Crippen LogP contribution in [-0.4, -0.2) is 22.7 Å². The number of carbonyl (C=O) groups excluding carboxylic acids is 1. The van der Waals surface area contributed by atoms with Crippen LogP contribution in [-0.2, 0) is 0 Å². The number of amides is 2. The highest BCUT2D eigenvalue weighted by molar-refractivity contribution is 5.75. The van der Waals surface area contributed by atoms with Gasteiger partial charge >= 0.3 is 6.03 Å². The Morgan fingerprint density at radius 3 is 2.42 bits per heavy atom. The number of pyridine rings is 1. The number of aromatic nitrogens is 1. The van der Waals surface area contributed by atoms with Gasteiger partial charge in [0, 0.05) is 6.20 Å². The number of nitrogens with one attached hydrogen (secondary N) is 2. The molecule has 0 spiro atoms. The van der Waals surface area contributed by atoms with Gasteiger partial charge in [0.15, 0.2) is 0 Å². The van der Waals surface area contributed by atoms with Crippen LogP contribution in [0.15, 0.2) is 48.7 Å². The fourth-order valence-corrected chi connectivity index (χ4v) is 2.64. The zero-order valence-electron chi connectivity index (χ0n) is 14.4. The lowest BCUT2D eigenvalue weighted by Crippen LogP contribution is -2.42. The minimum atomic E-state index is -0.441. The van der Waals surface area contributed by atoms with Crippen molar-refractivity contribution in [1.82, 2.24) is 15.6 Å². The zero-order chi connectivity index (χ0) is 17.5. The lowest BCUT2D eigenvalue weighted by Gasteiger charge is -2.25. The first kappa shape index (κ1) is 17.9. The van der Waals surface area contributed by atoms with Crippen molar-refractivity contribution in [2.24, 2.45) is 5.92 Å². The number of hydrogen-bond donors (Lipinski definition) is 3. The highest BCUT2D eigenvalue weighted by atomic mass is 16.3. The maximum absolute atomic E-state index is 12.4. The van der Waals surface area contributed by atoms with Gasteiger partial charge in [-0.05, 0) is 30.0 Å². The molecule has 2 aromatic rings. The molecular formula is C19H25N3O2. The summed E-state index contributed by atoms with van der Waals surface area (Å²) in [7, 11) is 0. The van der Waals surface area contributed by atoms with Crippen molar-refractivity contribution in [1.29, 1.82) is 0 Å². The Kier molecular flexibility index (Phi) is 6.32. The number of nitrogens with zero attached hydrogens (tertiary/aromatic N) is 1. The molecule has 2 atom stereocenters. The SMILES string of the molecule is Cc1cccnc1C(NC(=O)N[C@H](CO)c1ccccc1)C(C)C. The van der Waals surface area contributed by atoms with Gasteiger partial charge in [0.1, 0.15) is 0 Å². The largest absolute Gasteiger partial charge is 0.394 e. The van der Waals surface area contributed by atoms with Crippen molar-refractivity contribution in [3.8, 4) is 0 Å². The highest BCUT2D eigenvalue weighted by Crippen LogP contribution is 2.22. The van der Waals surface area contributed by atoms with Crippen LogP contribution in [0.3, 0.4) is 0 Å². The van der Waals surface area contributed by atoms with Crippen LogP contribution >= 0.6 is 0 Å². The Labute approximate surface area is 143 Å². The smallest absolute Gasteiger partial charge is 0.315 e. The highest BCUT2D eigenvalue weighted by Gasteiger charge is 2.22. The van der Waals surface area contributed by atoms with Crippen LogP contribution in [0, 0.1) is 12.8 Å². The van der Waals surface area contributed by atoms with E-state index in [4.69, 9.17) is 0 Å². The molecule has 0 bridgehead atoms. The molecular weight excluding hydrogens is 302 g/mol. The summed E-state index contributed by atoms with van der Waals surface area (Å²) in [4.78, 5) is 16.8. The summed E-state index contributed by atoms with van der Waals surface area (Å²) < 4.78 is 0. The van der Waals surface area contributed by atoms with E-state index >= 15 is 0 Å². The van der Waals surface area contributed by atoms with Crippen molar-refractivity contribution in [3.63, 3.8) is 0 Å². The van der Waals surface area contributed by atoms with Crippen LogP contribution in [0.4, 0.5) is 4.79 Å². The van der Waals surface area contributed by atoms with E-state index in [2.05, 4.69) is 15.6 Å². The minimum Gasteiger partial charge on any atom is -0.394 e. The molecule has 0 radical (unpaired) electrons. The first-order valence-electron chi connectivity index (χ1n) is 8.17. The van der Waals surface area contributed by atoms with Crippen LogP contribution in [0.2, 0.25) is 0 Å². The Morgan fingerprint density at radius 1 is 1.12 bits per heavy atom. The second-order valence-electron chi connectivity index (χ2n) is 6.19. The molecule has 5 heteroatoms. The Morgan fingerprint density at radius 2 is 1.83 bits per heavy atom. The third-order valence-corrected chi connectivity index (χ3v) is 3.99.